The molecule has 0 fully saturated rings. The minimum absolute atomic E-state index is 0.644. The predicted octanol–water partition coefficient (Wildman–Crippen LogP) is 1.65. The van der Waals surface area contributed by atoms with Gasteiger partial charge in [0.1, 0.15) is 5.69 Å². The van der Waals surface area contributed by atoms with Crippen molar-refractivity contribution in [3.8, 4) is 22.2 Å². The van der Waals surface area contributed by atoms with Crippen LogP contribution in [0.25, 0.3) is 27.2 Å². The van der Waals surface area contributed by atoms with Gasteiger partial charge in [0.05, 0.1) is 5.69 Å². The number of rotatable bonds is 2. The van der Waals surface area contributed by atoms with Crippen LogP contribution in [-0.2, 0) is 7.05 Å². The van der Waals surface area contributed by atoms with Gasteiger partial charge in [-0.05, 0) is 18.2 Å². The molecule has 0 saturated heterocycles. The zero-order valence-corrected chi connectivity index (χ0v) is 11.3. The third kappa shape index (κ3) is 1.62. The largest absolute Gasteiger partial charge is 0.265 e. The second kappa shape index (κ2) is 4.20. The minimum atomic E-state index is 0.644. The van der Waals surface area contributed by atoms with Crippen molar-refractivity contribution in [1.82, 2.24) is 34.6 Å². The van der Waals surface area contributed by atoms with Gasteiger partial charge in [-0.15, -0.1) is 10.2 Å². The van der Waals surface area contributed by atoms with Crippen LogP contribution < -0.4 is 0 Å². The summed E-state index contributed by atoms with van der Waals surface area (Å²) in [7, 11) is 1.89. The van der Waals surface area contributed by atoms with E-state index in [1.807, 2.05) is 31.3 Å². The Hall–Kier alpha value is -2.61. The van der Waals surface area contributed by atoms with Crippen molar-refractivity contribution in [2.24, 2.45) is 7.05 Å². The SMILES string of the molecule is Cn1nccc1-c1nn2c(-c3ccccn3)nnc2s1. The van der Waals surface area contributed by atoms with Gasteiger partial charge in [-0.2, -0.15) is 14.7 Å². The van der Waals surface area contributed by atoms with E-state index in [2.05, 4.69) is 25.4 Å². The van der Waals surface area contributed by atoms with Gasteiger partial charge in [-0.3, -0.25) is 9.67 Å². The van der Waals surface area contributed by atoms with E-state index in [1.165, 1.54) is 11.3 Å². The van der Waals surface area contributed by atoms with Gasteiger partial charge < -0.3 is 0 Å². The Balaban J connectivity index is 1.90. The summed E-state index contributed by atoms with van der Waals surface area (Å²) in [6.45, 7) is 0. The summed E-state index contributed by atoms with van der Waals surface area (Å²) < 4.78 is 3.50. The van der Waals surface area contributed by atoms with Crippen molar-refractivity contribution in [1.29, 1.82) is 0 Å². The average Bonchev–Trinajstić information content (AvgIpc) is 3.13. The van der Waals surface area contributed by atoms with E-state index in [9.17, 15) is 0 Å². The van der Waals surface area contributed by atoms with Crippen LogP contribution in [0.1, 0.15) is 0 Å². The van der Waals surface area contributed by atoms with Crippen molar-refractivity contribution in [3.05, 3.63) is 36.7 Å². The molecule has 4 aromatic heterocycles. The Labute approximate surface area is 117 Å². The molecule has 20 heavy (non-hydrogen) atoms. The first-order chi connectivity index (χ1) is 9.83. The van der Waals surface area contributed by atoms with Crippen molar-refractivity contribution in [2.45, 2.75) is 0 Å². The van der Waals surface area contributed by atoms with Crippen LogP contribution in [0.5, 0.6) is 0 Å². The lowest BCUT2D eigenvalue weighted by Crippen LogP contribution is -1.95. The van der Waals surface area contributed by atoms with Gasteiger partial charge in [0.15, 0.2) is 5.01 Å². The number of hydrogen-bond donors (Lipinski definition) is 0. The molecular formula is C12H9N7S. The van der Waals surface area contributed by atoms with Crippen LogP contribution in [0.4, 0.5) is 0 Å². The molecule has 0 bridgehead atoms. The lowest BCUT2D eigenvalue weighted by Gasteiger charge is -1.96. The number of aromatic nitrogens is 7. The third-order valence-corrected chi connectivity index (χ3v) is 3.85. The Morgan fingerprint density at radius 2 is 2.05 bits per heavy atom. The highest BCUT2D eigenvalue weighted by atomic mass is 32.1. The first kappa shape index (κ1) is 11.2. The summed E-state index contributed by atoms with van der Waals surface area (Å²) in [5.74, 6) is 0.644. The highest BCUT2D eigenvalue weighted by Gasteiger charge is 2.16. The Morgan fingerprint density at radius 3 is 2.80 bits per heavy atom. The molecule has 0 unspecified atom stereocenters. The zero-order valence-electron chi connectivity index (χ0n) is 10.5. The molecule has 0 aliphatic heterocycles. The molecule has 7 nitrogen and oxygen atoms in total. The van der Waals surface area contributed by atoms with Crippen LogP contribution in [0.2, 0.25) is 0 Å². The lowest BCUT2D eigenvalue weighted by atomic mass is 10.3. The molecule has 8 heteroatoms. The monoisotopic (exact) mass is 283 g/mol. The second-order valence-electron chi connectivity index (χ2n) is 4.18. The third-order valence-electron chi connectivity index (χ3n) is 2.92. The maximum absolute atomic E-state index is 4.56. The lowest BCUT2D eigenvalue weighted by molar-refractivity contribution is 0.772. The highest BCUT2D eigenvalue weighted by molar-refractivity contribution is 7.19. The molecule has 98 valence electrons. The summed E-state index contributed by atoms with van der Waals surface area (Å²) in [5, 5.41) is 17.9. The molecular weight excluding hydrogens is 274 g/mol. The summed E-state index contributed by atoms with van der Waals surface area (Å²) in [5.41, 5.74) is 1.70. The van der Waals surface area contributed by atoms with Crippen molar-refractivity contribution >= 4 is 16.3 Å². The molecule has 4 aromatic rings. The van der Waals surface area contributed by atoms with Gasteiger partial charge in [0.2, 0.25) is 10.8 Å². The molecule has 0 atom stereocenters. The smallest absolute Gasteiger partial charge is 0.235 e. The summed E-state index contributed by atoms with van der Waals surface area (Å²) in [6.07, 6.45) is 3.47. The Bertz CT molecular complexity index is 874. The molecule has 0 spiro atoms. The fourth-order valence-electron chi connectivity index (χ4n) is 1.96. The maximum Gasteiger partial charge on any atom is 0.235 e. The van der Waals surface area contributed by atoms with Crippen molar-refractivity contribution in [2.75, 3.05) is 0 Å². The number of fused-ring (bicyclic) bond motifs is 1. The predicted molar refractivity (Wildman–Crippen MR) is 74.1 cm³/mol. The van der Waals surface area contributed by atoms with E-state index in [1.54, 1.807) is 21.6 Å². The van der Waals surface area contributed by atoms with Crippen molar-refractivity contribution < 1.29 is 0 Å². The fraction of sp³-hybridized carbons (Fsp3) is 0.0833. The zero-order chi connectivity index (χ0) is 13.5. The van der Waals surface area contributed by atoms with Crippen molar-refractivity contribution in [3.63, 3.8) is 0 Å². The van der Waals surface area contributed by atoms with Crippen LogP contribution in [0.15, 0.2) is 36.7 Å². The van der Waals surface area contributed by atoms with Gasteiger partial charge >= 0.3 is 0 Å². The van der Waals surface area contributed by atoms with Gasteiger partial charge in [-0.25, -0.2) is 0 Å². The van der Waals surface area contributed by atoms with E-state index in [0.29, 0.717) is 5.82 Å². The summed E-state index contributed by atoms with van der Waals surface area (Å²) in [4.78, 5) is 5.02. The summed E-state index contributed by atoms with van der Waals surface area (Å²) in [6, 6.07) is 7.59. The molecule has 0 aliphatic rings. The number of pyridine rings is 1. The van der Waals surface area contributed by atoms with E-state index in [0.717, 1.165) is 21.4 Å². The van der Waals surface area contributed by atoms with Crippen LogP contribution in [-0.4, -0.2) is 34.6 Å². The van der Waals surface area contributed by atoms with Crippen LogP contribution in [0.3, 0.4) is 0 Å². The topological polar surface area (TPSA) is 73.8 Å². The van der Waals surface area contributed by atoms with Crippen LogP contribution >= 0.6 is 11.3 Å². The standard InChI is InChI=1S/C12H9N7S/c1-18-9(5-7-14-18)11-17-19-10(15-16-12(19)20-11)8-4-2-3-6-13-8/h2-7H,1H3. The normalized spacial score (nSPS) is 11.2. The summed E-state index contributed by atoms with van der Waals surface area (Å²) >= 11 is 1.47. The average molecular weight is 283 g/mol. The quantitative estimate of drug-likeness (QED) is 0.559. The van der Waals surface area contributed by atoms with Gasteiger partial charge in [-0.1, -0.05) is 17.4 Å². The molecule has 0 aromatic carbocycles. The molecule has 0 saturated carbocycles. The molecule has 4 heterocycles. The molecule has 4 rings (SSSR count). The van der Waals surface area contributed by atoms with Gasteiger partial charge in [0.25, 0.3) is 0 Å². The van der Waals surface area contributed by atoms with E-state index in [-0.39, 0.29) is 0 Å². The fourth-order valence-corrected chi connectivity index (χ4v) is 2.85. The highest BCUT2D eigenvalue weighted by Crippen LogP contribution is 2.26. The molecule has 0 amide bonds. The van der Waals surface area contributed by atoms with Crippen LogP contribution in [0, 0.1) is 0 Å². The molecule has 0 N–H and O–H groups in total. The first-order valence-corrected chi connectivity index (χ1v) is 6.76. The first-order valence-electron chi connectivity index (χ1n) is 5.95. The molecule has 0 aliphatic carbocycles. The number of nitrogens with zero attached hydrogens (tertiary/aromatic N) is 7. The molecule has 0 radical (unpaired) electrons. The number of hydrogen-bond acceptors (Lipinski definition) is 6. The Kier molecular flexibility index (Phi) is 2.36. The maximum atomic E-state index is 4.56. The second-order valence-corrected chi connectivity index (χ2v) is 5.14. The minimum Gasteiger partial charge on any atom is -0.265 e. The van der Waals surface area contributed by atoms with E-state index >= 15 is 0 Å². The van der Waals surface area contributed by atoms with E-state index < -0.39 is 0 Å². The van der Waals surface area contributed by atoms with Gasteiger partial charge in [0, 0.05) is 19.4 Å². The number of aryl methyl sites for hydroxylation is 1. The van der Waals surface area contributed by atoms with E-state index in [4.69, 9.17) is 0 Å². The Morgan fingerprint density at radius 1 is 1.10 bits per heavy atom.